The Morgan fingerprint density at radius 3 is 2.59 bits per heavy atom. The van der Waals surface area contributed by atoms with Crippen LogP contribution in [0.2, 0.25) is 0 Å². The smallest absolute Gasteiger partial charge is 0.319 e. The molecule has 1 saturated heterocycles. The number of aromatic nitrogens is 2. The number of rotatable bonds is 10. The van der Waals surface area contributed by atoms with E-state index in [1.807, 2.05) is 19.9 Å². The van der Waals surface area contributed by atoms with Gasteiger partial charge in [0.05, 0.1) is 16.9 Å². The van der Waals surface area contributed by atoms with Gasteiger partial charge in [0, 0.05) is 44.1 Å². The molecule has 4 rings (SSSR count). The Bertz CT molecular complexity index is 1290. The van der Waals surface area contributed by atoms with E-state index in [-0.39, 0.29) is 18.1 Å². The van der Waals surface area contributed by atoms with Crippen molar-refractivity contribution >= 4 is 23.4 Å². The highest BCUT2D eigenvalue weighted by Crippen LogP contribution is 2.26. The third-order valence-electron chi connectivity index (χ3n) is 6.54. The van der Waals surface area contributed by atoms with E-state index in [1.165, 1.54) is 31.4 Å². The largest absolute Gasteiger partial charge is 0.370 e. The summed E-state index contributed by atoms with van der Waals surface area (Å²) < 4.78 is 14.9. The molecule has 10 heteroatoms. The molecular weight excluding hydrogens is 497 g/mol. The summed E-state index contributed by atoms with van der Waals surface area (Å²) in [6.45, 7) is 8.25. The molecule has 0 unspecified atom stereocenters. The molecule has 206 valence electrons. The highest BCUT2D eigenvalue weighted by atomic mass is 19.1. The van der Waals surface area contributed by atoms with Crippen LogP contribution < -0.4 is 21.3 Å². The first-order chi connectivity index (χ1) is 18.9. The molecule has 1 aromatic carbocycles. The number of pyridine rings is 2. The standard InChI is InChI=1S/C29H36FN7O2/c1-3-32-27-23(28(38)33-11-14-37-12-5-4-6-13-37)8-10-25(35-27)22-7-9-26(24(30)16-22)36-29(39)34-19-21-15-20(2)17-31-18-21/h7-10,15-18H,3-6,11-14,19H2,1-2H3,(H,32,35)(H,33,38)(H2,34,36,39). The van der Waals surface area contributed by atoms with Crippen molar-refractivity contribution in [1.82, 2.24) is 25.5 Å². The number of anilines is 2. The number of hydrogen-bond acceptors (Lipinski definition) is 6. The number of likely N-dealkylation sites (tertiary alicyclic amines) is 1. The van der Waals surface area contributed by atoms with E-state index < -0.39 is 11.8 Å². The molecular formula is C29H36FN7O2. The minimum atomic E-state index is -0.591. The van der Waals surface area contributed by atoms with Crippen molar-refractivity contribution in [3.05, 3.63) is 71.3 Å². The van der Waals surface area contributed by atoms with E-state index in [0.29, 0.717) is 35.7 Å². The van der Waals surface area contributed by atoms with Crippen molar-refractivity contribution < 1.29 is 14.0 Å². The topological polar surface area (TPSA) is 111 Å². The van der Waals surface area contributed by atoms with E-state index >= 15 is 0 Å². The lowest BCUT2D eigenvalue weighted by molar-refractivity contribution is 0.0947. The fourth-order valence-corrected chi connectivity index (χ4v) is 4.55. The summed E-state index contributed by atoms with van der Waals surface area (Å²) in [4.78, 5) is 36.2. The molecule has 3 aromatic rings. The Hall–Kier alpha value is -4.05. The maximum Gasteiger partial charge on any atom is 0.319 e. The van der Waals surface area contributed by atoms with Crippen LogP contribution in [0.15, 0.2) is 48.8 Å². The van der Waals surface area contributed by atoms with Gasteiger partial charge in [-0.15, -0.1) is 0 Å². The van der Waals surface area contributed by atoms with Crippen LogP contribution in [-0.2, 0) is 6.54 Å². The molecule has 2 aromatic heterocycles. The molecule has 0 saturated carbocycles. The molecule has 0 bridgehead atoms. The number of piperidine rings is 1. The van der Waals surface area contributed by atoms with E-state index in [9.17, 15) is 14.0 Å². The number of carbonyl (C=O) groups is 2. The maximum atomic E-state index is 14.9. The van der Waals surface area contributed by atoms with Gasteiger partial charge in [-0.1, -0.05) is 18.6 Å². The second kappa shape index (κ2) is 13.7. The van der Waals surface area contributed by atoms with Gasteiger partial charge in [0.15, 0.2) is 0 Å². The Morgan fingerprint density at radius 2 is 1.85 bits per heavy atom. The van der Waals surface area contributed by atoms with Crippen molar-refractivity contribution in [3.8, 4) is 11.3 Å². The molecule has 1 aliphatic heterocycles. The van der Waals surface area contributed by atoms with Crippen molar-refractivity contribution in [2.24, 2.45) is 0 Å². The molecule has 4 N–H and O–H groups in total. The highest BCUT2D eigenvalue weighted by molar-refractivity contribution is 5.99. The zero-order valence-corrected chi connectivity index (χ0v) is 22.5. The third-order valence-corrected chi connectivity index (χ3v) is 6.54. The third kappa shape index (κ3) is 7.97. The predicted octanol–water partition coefficient (Wildman–Crippen LogP) is 4.56. The monoisotopic (exact) mass is 533 g/mol. The SMILES string of the molecule is CCNc1nc(-c2ccc(NC(=O)NCc3cncc(C)c3)c(F)c2)ccc1C(=O)NCCN1CCCCC1. The van der Waals surface area contributed by atoms with Gasteiger partial charge >= 0.3 is 6.03 Å². The molecule has 1 aliphatic rings. The summed E-state index contributed by atoms with van der Waals surface area (Å²) in [5.41, 5.74) is 3.37. The Labute approximate surface area is 228 Å². The summed E-state index contributed by atoms with van der Waals surface area (Å²) >= 11 is 0. The van der Waals surface area contributed by atoms with Gasteiger partial charge in [0.2, 0.25) is 0 Å². The molecule has 9 nitrogen and oxygen atoms in total. The first kappa shape index (κ1) is 28.0. The average molecular weight is 534 g/mol. The molecule has 3 amide bonds. The maximum absolute atomic E-state index is 14.9. The number of hydrogen-bond donors (Lipinski definition) is 4. The summed E-state index contributed by atoms with van der Waals surface area (Å²) in [5, 5.41) is 11.4. The van der Waals surface area contributed by atoms with E-state index in [1.54, 1.807) is 30.6 Å². The summed E-state index contributed by atoms with van der Waals surface area (Å²) in [6, 6.07) is 9.29. The number of nitrogens with zero attached hydrogens (tertiary/aromatic N) is 3. The number of nitrogens with one attached hydrogen (secondary N) is 4. The van der Waals surface area contributed by atoms with Crippen molar-refractivity contribution in [2.75, 3.05) is 43.4 Å². The predicted molar refractivity (Wildman–Crippen MR) is 151 cm³/mol. The molecule has 0 spiro atoms. The number of amides is 3. The second-order valence-corrected chi connectivity index (χ2v) is 9.65. The molecule has 0 atom stereocenters. The van der Waals surface area contributed by atoms with Crippen molar-refractivity contribution in [2.45, 2.75) is 39.7 Å². The van der Waals surface area contributed by atoms with E-state index in [0.717, 1.165) is 30.8 Å². The fourth-order valence-electron chi connectivity index (χ4n) is 4.55. The van der Waals surface area contributed by atoms with Crippen LogP contribution in [0.1, 0.15) is 47.7 Å². The van der Waals surface area contributed by atoms with Gasteiger partial charge in [-0.2, -0.15) is 0 Å². The summed E-state index contributed by atoms with van der Waals surface area (Å²) in [5.74, 6) is -0.343. The minimum absolute atomic E-state index is 0.0511. The minimum Gasteiger partial charge on any atom is -0.370 e. The van der Waals surface area contributed by atoms with Gasteiger partial charge in [-0.3, -0.25) is 9.78 Å². The van der Waals surface area contributed by atoms with Gasteiger partial charge in [-0.05, 0) is 75.2 Å². The number of benzene rings is 1. The van der Waals surface area contributed by atoms with Crippen molar-refractivity contribution in [3.63, 3.8) is 0 Å². The highest BCUT2D eigenvalue weighted by Gasteiger charge is 2.16. The van der Waals surface area contributed by atoms with Crippen LogP contribution in [0, 0.1) is 12.7 Å². The lowest BCUT2D eigenvalue weighted by Crippen LogP contribution is -2.37. The summed E-state index contributed by atoms with van der Waals surface area (Å²) in [7, 11) is 0. The zero-order valence-electron chi connectivity index (χ0n) is 22.5. The average Bonchev–Trinajstić information content (AvgIpc) is 2.94. The zero-order chi connectivity index (χ0) is 27.6. The normalized spacial score (nSPS) is 13.5. The second-order valence-electron chi connectivity index (χ2n) is 9.65. The number of aryl methyl sites for hydroxylation is 1. The first-order valence-electron chi connectivity index (χ1n) is 13.4. The fraction of sp³-hybridized carbons (Fsp3) is 0.379. The van der Waals surface area contributed by atoms with Gasteiger partial charge in [0.25, 0.3) is 5.91 Å². The number of halogens is 1. The van der Waals surface area contributed by atoms with Crippen LogP contribution in [0.25, 0.3) is 11.3 Å². The lowest BCUT2D eigenvalue weighted by atomic mass is 10.1. The lowest BCUT2D eigenvalue weighted by Gasteiger charge is -2.26. The quantitative estimate of drug-likeness (QED) is 0.304. The Balaban J connectivity index is 1.38. The summed E-state index contributed by atoms with van der Waals surface area (Å²) in [6.07, 6.45) is 7.09. The van der Waals surface area contributed by atoms with Crippen molar-refractivity contribution in [1.29, 1.82) is 0 Å². The molecule has 1 fully saturated rings. The number of carbonyl (C=O) groups excluding carboxylic acids is 2. The van der Waals surface area contributed by atoms with Crippen LogP contribution >= 0.6 is 0 Å². The van der Waals surface area contributed by atoms with Crippen LogP contribution in [0.3, 0.4) is 0 Å². The van der Waals surface area contributed by atoms with E-state index in [4.69, 9.17) is 0 Å². The van der Waals surface area contributed by atoms with Crippen LogP contribution in [0.4, 0.5) is 20.7 Å². The first-order valence-corrected chi connectivity index (χ1v) is 13.4. The van der Waals surface area contributed by atoms with Gasteiger partial charge in [0.1, 0.15) is 11.6 Å². The number of urea groups is 1. The molecule has 3 heterocycles. The molecule has 39 heavy (non-hydrogen) atoms. The molecule has 0 radical (unpaired) electrons. The van der Waals surface area contributed by atoms with E-state index in [2.05, 4.69) is 36.1 Å². The van der Waals surface area contributed by atoms with Crippen LogP contribution in [-0.4, -0.2) is 59.5 Å². The molecule has 0 aliphatic carbocycles. The van der Waals surface area contributed by atoms with Gasteiger partial charge < -0.3 is 26.2 Å². The Morgan fingerprint density at radius 1 is 1.03 bits per heavy atom. The van der Waals surface area contributed by atoms with Gasteiger partial charge in [-0.25, -0.2) is 14.2 Å². The Kier molecular flexibility index (Phi) is 9.80. The van der Waals surface area contributed by atoms with Crippen LogP contribution in [0.5, 0.6) is 0 Å².